The molecule has 0 aliphatic carbocycles. The van der Waals surface area contributed by atoms with Gasteiger partial charge in [0.15, 0.2) is 0 Å². The number of amides is 3. The first-order valence-corrected chi connectivity index (χ1v) is 10.0. The predicted octanol–water partition coefficient (Wildman–Crippen LogP) is 3.81. The summed E-state index contributed by atoms with van der Waals surface area (Å²) >= 11 is 6.02. The van der Waals surface area contributed by atoms with E-state index >= 15 is 0 Å². The van der Waals surface area contributed by atoms with Gasteiger partial charge in [0, 0.05) is 25.7 Å². The molecule has 0 saturated carbocycles. The average molecular weight is 412 g/mol. The van der Waals surface area contributed by atoms with Gasteiger partial charge in [0.1, 0.15) is 11.4 Å². The van der Waals surface area contributed by atoms with Crippen molar-refractivity contribution in [2.24, 2.45) is 0 Å². The topological polar surface area (TPSA) is 79.9 Å². The summed E-state index contributed by atoms with van der Waals surface area (Å²) in [7, 11) is 0. The van der Waals surface area contributed by atoms with Crippen molar-refractivity contribution in [2.75, 3.05) is 26.2 Å². The van der Waals surface area contributed by atoms with E-state index in [0.29, 0.717) is 56.3 Å². The van der Waals surface area contributed by atoms with Crippen LogP contribution in [-0.4, -0.2) is 54.9 Å². The number of halogens is 1. The fourth-order valence-electron chi connectivity index (χ4n) is 2.79. The number of hydrogen-bond donors (Lipinski definition) is 2. The van der Waals surface area contributed by atoms with Gasteiger partial charge < -0.3 is 25.0 Å². The highest BCUT2D eigenvalue weighted by Gasteiger charge is 2.27. The van der Waals surface area contributed by atoms with Crippen LogP contribution >= 0.6 is 11.6 Å². The Bertz CT molecular complexity index is 655. The molecule has 156 valence electrons. The number of likely N-dealkylation sites (tertiary alicyclic amines) is 1. The van der Waals surface area contributed by atoms with Gasteiger partial charge in [-0.15, -0.1) is 0 Å². The molecule has 2 N–H and O–H groups in total. The number of carbonyl (C=O) groups excluding carboxylic acids is 2. The molecule has 1 heterocycles. The maximum atomic E-state index is 12.1. The van der Waals surface area contributed by atoms with Crippen LogP contribution in [0.1, 0.15) is 40.0 Å². The van der Waals surface area contributed by atoms with Crippen LogP contribution in [0.4, 0.5) is 9.59 Å². The number of hydrogen-bond acceptors (Lipinski definition) is 4. The molecule has 2 rings (SSSR count). The number of piperidine rings is 1. The van der Waals surface area contributed by atoms with E-state index in [1.807, 2.05) is 39.0 Å². The highest BCUT2D eigenvalue weighted by molar-refractivity contribution is 6.32. The van der Waals surface area contributed by atoms with E-state index in [-0.39, 0.29) is 18.2 Å². The molecule has 1 fully saturated rings. The van der Waals surface area contributed by atoms with E-state index in [1.54, 1.807) is 11.0 Å². The van der Waals surface area contributed by atoms with Gasteiger partial charge in [-0.05, 0) is 52.2 Å². The van der Waals surface area contributed by atoms with Crippen LogP contribution in [-0.2, 0) is 4.74 Å². The third-order valence-electron chi connectivity index (χ3n) is 4.18. The van der Waals surface area contributed by atoms with Crippen LogP contribution in [0.2, 0.25) is 5.02 Å². The van der Waals surface area contributed by atoms with Crippen molar-refractivity contribution in [3.05, 3.63) is 29.3 Å². The Kier molecular flexibility index (Phi) is 8.23. The lowest BCUT2D eigenvalue weighted by atomic mass is 10.1. The largest absolute Gasteiger partial charge is 0.492 e. The second-order valence-electron chi connectivity index (χ2n) is 7.77. The van der Waals surface area contributed by atoms with Crippen LogP contribution < -0.4 is 15.4 Å². The summed E-state index contributed by atoms with van der Waals surface area (Å²) < 4.78 is 11.0. The molecule has 3 amide bonds. The van der Waals surface area contributed by atoms with Crippen molar-refractivity contribution < 1.29 is 19.1 Å². The molecule has 1 aliphatic heterocycles. The van der Waals surface area contributed by atoms with E-state index in [0.717, 1.165) is 0 Å². The molecule has 0 unspecified atom stereocenters. The molecule has 0 radical (unpaired) electrons. The SMILES string of the molecule is CC(C)(C)OC(=O)N1CCC(NC(=O)NCCCOc2ccccc2Cl)CC1. The maximum absolute atomic E-state index is 12.1. The Morgan fingerprint density at radius 3 is 2.54 bits per heavy atom. The number of para-hydroxylation sites is 1. The summed E-state index contributed by atoms with van der Waals surface area (Å²) in [6.45, 7) is 7.68. The van der Waals surface area contributed by atoms with Gasteiger partial charge in [-0.2, -0.15) is 0 Å². The molecule has 8 heteroatoms. The minimum Gasteiger partial charge on any atom is -0.492 e. The number of nitrogens with one attached hydrogen (secondary N) is 2. The lowest BCUT2D eigenvalue weighted by Crippen LogP contribution is -2.50. The Morgan fingerprint density at radius 1 is 1.21 bits per heavy atom. The summed E-state index contributed by atoms with van der Waals surface area (Å²) in [6, 6.07) is 7.15. The Balaban J connectivity index is 1.57. The van der Waals surface area contributed by atoms with Gasteiger partial charge in [0.05, 0.1) is 11.6 Å². The van der Waals surface area contributed by atoms with E-state index < -0.39 is 5.60 Å². The van der Waals surface area contributed by atoms with Crippen LogP contribution in [0.25, 0.3) is 0 Å². The fourth-order valence-corrected chi connectivity index (χ4v) is 2.98. The standard InChI is InChI=1S/C20H30ClN3O4/c1-20(2,3)28-19(26)24-12-9-15(10-13-24)23-18(25)22-11-6-14-27-17-8-5-4-7-16(17)21/h4-5,7-8,15H,6,9-14H2,1-3H3,(H2,22,23,25). The highest BCUT2D eigenvalue weighted by atomic mass is 35.5. The van der Waals surface area contributed by atoms with Crippen molar-refractivity contribution in [3.63, 3.8) is 0 Å². The van der Waals surface area contributed by atoms with Crippen molar-refractivity contribution in [3.8, 4) is 5.75 Å². The van der Waals surface area contributed by atoms with E-state index in [2.05, 4.69) is 10.6 Å². The van der Waals surface area contributed by atoms with Crippen molar-refractivity contribution in [2.45, 2.75) is 51.7 Å². The molecule has 0 atom stereocenters. The number of urea groups is 1. The lowest BCUT2D eigenvalue weighted by Gasteiger charge is -2.33. The van der Waals surface area contributed by atoms with Gasteiger partial charge in [0.25, 0.3) is 0 Å². The van der Waals surface area contributed by atoms with Gasteiger partial charge in [-0.3, -0.25) is 0 Å². The van der Waals surface area contributed by atoms with Crippen molar-refractivity contribution in [1.29, 1.82) is 0 Å². The van der Waals surface area contributed by atoms with E-state index in [9.17, 15) is 9.59 Å². The number of benzene rings is 1. The number of rotatable bonds is 6. The number of nitrogens with zero attached hydrogens (tertiary/aromatic N) is 1. The second-order valence-corrected chi connectivity index (χ2v) is 8.18. The van der Waals surface area contributed by atoms with Gasteiger partial charge in [-0.25, -0.2) is 9.59 Å². The zero-order chi connectivity index (χ0) is 20.6. The first-order valence-electron chi connectivity index (χ1n) is 9.64. The van der Waals surface area contributed by atoms with Crippen LogP contribution in [0.3, 0.4) is 0 Å². The molecule has 0 spiro atoms. The van der Waals surface area contributed by atoms with Crippen molar-refractivity contribution in [1.82, 2.24) is 15.5 Å². The molecule has 1 aromatic rings. The van der Waals surface area contributed by atoms with Crippen LogP contribution in [0.5, 0.6) is 5.75 Å². The minimum atomic E-state index is -0.498. The number of ether oxygens (including phenoxy) is 2. The first-order chi connectivity index (χ1) is 13.2. The highest BCUT2D eigenvalue weighted by Crippen LogP contribution is 2.23. The average Bonchev–Trinajstić information content (AvgIpc) is 2.62. The Labute approximate surface area is 171 Å². The summed E-state index contributed by atoms with van der Waals surface area (Å²) in [4.78, 5) is 25.8. The smallest absolute Gasteiger partial charge is 0.410 e. The zero-order valence-electron chi connectivity index (χ0n) is 16.8. The molecular weight excluding hydrogens is 382 g/mol. The molecule has 28 heavy (non-hydrogen) atoms. The second kappa shape index (κ2) is 10.4. The molecule has 0 aromatic heterocycles. The van der Waals surface area contributed by atoms with Gasteiger partial charge >= 0.3 is 12.1 Å². The molecule has 7 nitrogen and oxygen atoms in total. The summed E-state index contributed by atoms with van der Waals surface area (Å²) in [5.74, 6) is 0.644. The predicted molar refractivity (Wildman–Crippen MR) is 109 cm³/mol. The van der Waals surface area contributed by atoms with E-state index in [1.165, 1.54) is 0 Å². The lowest BCUT2D eigenvalue weighted by molar-refractivity contribution is 0.0201. The molecule has 1 aliphatic rings. The van der Waals surface area contributed by atoms with Gasteiger partial charge in [-0.1, -0.05) is 23.7 Å². The first kappa shape index (κ1) is 22.1. The fraction of sp³-hybridized carbons (Fsp3) is 0.600. The van der Waals surface area contributed by atoms with E-state index in [4.69, 9.17) is 21.1 Å². The third kappa shape index (κ3) is 7.84. The normalized spacial score (nSPS) is 15.1. The molecule has 1 saturated heterocycles. The van der Waals surface area contributed by atoms with Crippen LogP contribution in [0.15, 0.2) is 24.3 Å². The maximum Gasteiger partial charge on any atom is 0.410 e. The quantitative estimate of drug-likeness (QED) is 0.697. The third-order valence-corrected chi connectivity index (χ3v) is 4.50. The summed E-state index contributed by atoms with van der Waals surface area (Å²) in [5, 5.41) is 6.36. The van der Waals surface area contributed by atoms with Crippen LogP contribution in [0, 0.1) is 0 Å². The van der Waals surface area contributed by atoms with Crippen molar-refractivity contribution >= 4 is 23.7 Å². The minimum absolute atomic E-state index is 0.0538. The summed E-state index contributed by atoms with van der Waals surface area (Å²) in [5.41, 5.74) is -0.498. The molecule has 0 bridgehead atoms. The molecular formula is C20H30ClN3O4. The monoisotopic (exact) mass is 411 g/mol. The van der Waals surface area contributed by atoms with Gasteiger partial charge in [0.2, 0.25) is 0 Å². The summed E-state index contributed by atoms with van der Waals surface area (Å²) in [6.07, 6.45) is 1.80. The Hall–Kier alpha value is -2.15. The Morgan fingerprint density at radius 2 is 1.89 bits per heavy atom. The molecule has 1 aromatic carbocycles. The zero-order valence-corrected chi connectivity index (χ0v) is 17.6. The number of carbonyl (C=O) groups is 2.